The van der Waals surface area contributed by atoms with E-state index in [9.17, 15) is 4.79 Å². The quantitative estimate of drug-likeness (QED) is 0.342. The van der Waals surface area contributed by atoms with Crippen LogP contribution < -0.4 is 0 Å². The highest BCUT2D eigenvalue weighted by atomic mass is 16.6. The molecule has 22 heavy (non-hydrogen) atoms. The Balaban J connectivity index is 3.34. The van der Waals surface area contributed by atoms with Crippen LogP contribution in [0, 0.1) is 0 Å². The summed E-state index contributed by atoms with van der Waals surface area (Å²) in [6.07, 6.45) is 12.2. The molecule has 0 aromatic rings. The summed E-state index contributed by atoms with van der Waals surface area (Å²) in [4.78, 5) is 11.3. The van der Waals surface area contributed by atoms with E-state index < -0.39 is 6.10 Å². The third-order valence-corrected chi connectivity index (χ3v) is 3.65. The van der Waals surface area contributed by atoms with E-state index in [0.29, 0.717) is 19.6 Å². The van der Waals surface area contributed by atoms with Crippen LogP contribution in [-0.2, 0) is 14.3 Å². The van der Waals surface area contributed by atoms with E-state index in [4.69, 9.17) is 14.6 Å². The summed E-state index contributed by atoms with van der Waals surface area (Å²) >= 11 is 0. The Hall–Kier alpha value is -0.610. The number of carbonyl (C=O) groups is 1. The average Bonchev–Trinajstić information content (AvgIpc) is 2.51. The molecule has 0 saturated carbocycles. The van der Waals surface area contributed by atoms with Crippen LogP contribution in [-0.4, -0.2) is 37.0 Å². The van der Waals surface area contributed by atoms with E-state index in [2.05, 4.69) is 6.92 Å². The van der Waals surface area contributed by atoms with Crippen LogP contribution in [0.1, 0.15) is 84.5 Å². The lowest BCUT2D eigenvalue weighted by atomic mass is 10.1. The molecule has 0 bridgehead atoms. The van der Waals surface area contributed by atoms with Gasteiger partial charge in [-0.3, -0.25) is 4.79 Å². The molecular weight excluding hydrogens is 280 g/mol. The van der Waals surface area contributed by atoms with Gasteiger partial charge in [-0.05, 0) is 12.8 Å². The normalized spacial score (nSPS) is 12.3. The number of hydrogen-bond acceptors (Lipinski definition) is 4. The Morgan fingerprint density at radius 3 is 2.05 bits per heavy atom. The molecule has 0 aliphatic heterocycles. The monoisotopic (exact) mass is 316 g/mol. The Kier molecular flexibility index (Phi) is 16.3. The highest BCUT2D eigenvalue weighted by molar-refractivity contribution is 5.69. The van der Waals surface area contributed by atoms with Gasteiger partial charge in [0, 0.05) is 13.0 Å². The standard InChI is InChI=1S/C18H36O4/c1-3-5-6-7-8-9-10-11-12-14-21-16-17(15-19)22-18(20)13-4-2/h17,19H,3-16H2,1-2H3. The fourth-order valence-corrected chi connectivity index (χ4v) is 2.30. The fourth-order valence-electron chi connectivity index (χ4n) is 2.30. The summed E-state index contributed by atoms with van der Waals surface area (Å²) in [5, 5.41) is 9.15. The molecule has 1 N–H and O–H groups in total. The molecule has 1 unspecified atom stereocenters. The zero-order chi connectivity index (χ0) is 16.5. The molecular formula is C18H36O4. The van der Waals surface area contributed by atoms with Crippen LogP contribution in [0.25, 0.3) is 0 Å². The molecule has 0 aromatic heterocycles. The maximum Gasteiger partial charge on any atom is 0.306 e. The molecule has 1 atom stereocenters. The molecule has 0 fully saturated rings. The highest BCUT2D eigenvalue weighted by Crippen LogP contribution is 2.09. The Labute approximate surface area is 136 Å². The first-order chi connectivity index (χ1) is 10.7. The van der Waals surface area contributed by atoms with Crippen molar-refractivity contribution in [3.05, 3.63) is 0 Å². The van der Waals surface area contributed by atoms with E-state index in [-0.39, 0.29) is 12.6 Å². The first-order valence-corrected chi connectivity index (χ1v) is 9.12. The molecule has 0 rings (SSSR count). The molecule has 0 amide bonds. The second kappa shape index (κ2) is 16.8. The zero-order valence-corrected chi connectivity index (χ0v) is 14.6. The molecule has 0 aliphatic rings. The van der Waals surface area contributed by atoms with E-state index in [1.54, 1.807) is 0 Å². The van der Waals surface area contributed by atoms with Gasteiger partial charge in [0.15, 0.2) is 0 Å². The second-order valence-corrected chi connectivity index (χ2v) is 5.95. The van der Waals surface area contributed by atoms with Crippen molar-refractivity contribution in [2.45, 2.75) is 90.6 Å². The number of hydrogen-bond donors (Lipinski definition) is 1. The van der Waals surface area contributed by atoms with Gasteiger partial charge < -0.3 is 14.6 Å². The van der Waals surface area contributed by atoms with Crippen LogP contribution >= 0.6 is 0 Å². The van der Waals surface area contributed by atoms with Gasteiger partial charge in [-0.1, -0.05) is 65.2 Å². The van der Waals surface area contributed by atoms with Crippen LogP contribution in [0.5, 0.6) is 0 Å². The average molecular weight is 316 g/mol. The summed E-state index contributed by atoms with van der Waals surface area (Å²) in [7, 11) is 0. The highest BCUT2D eigenvalue weighted by Gasteiger charge is 2.12. The van der Waals surface area contributed by atoms with Gasteiger partial charge >= 0.3 is 5.97 Å². The number of aliphatic hydroxyl groups excluding tert-OH is 1. The lowest BCUT2D eigenvalue weighted by Crippen LogP contribution is -2.27. The molecule has 0 aliphatic carbocycles. The summed E-state index contributed by atoms with van der Waals surface area (Å²) < 4.78 is 10.6. The molecule has 132 valence electrons. The smallest absolute Gasteiger partial charge is 0.306 e. The van der Waals surface area contributed by atoms with Gasteiger partial charge in [0.1, 0.15) is 6.10 Å². The molecule has 4 nitrogen and oxygen atoms in total. The largest absolute Gasteiger partial charge is 0.457 e. The lowest BCUT2D eigenvalue weighted by Gasteiger charge is -2.15. The number of unbranched alkanes of at least 4 members (excludes halogenated alkanes) is 8. The topological polar surface area (TPSA) is 55.8 Å². The molecule has 4 heteroatoms. The summed E-state index contributed by atoms with van der Waals surface area (Å²) in [6, 6.07) is 0. The van der Waals surface area contributed by atoms with Crippen molar-refractivity contribution in [3.63, 3.8) is 0 Å². The summed E-state index contributed by atoms with van der Waals surface area (Å²) in [5.41, 5.74) is 0. The molecule has 0 radical (unpaired) electrons. The predicted octanol–water partition coefficient (Wildman–Crippen LogP) is 4.24. The van der Waals surface area contributed by atoms with E-state index in [1.165, 1.54) is 51.4 Å². The lowest BCUT2D eigenvalue weighted by molar-refractivity contribution is -0.154. The van der Waals surface area contributed by atoms with Crippen molar-refractivity contribution in [3.8, 4) is 0 Å². The van der Waals surface area contributed by atoms with Crippen molar-refractivity contribution in [1.29, 1.82) is 0 Å². The van der Waals surface area contributed by atoms with Gasteiger partial charge in [-0.2, -0.15) is 0 Å². The number of esters is 1. The maximum absolute atomic E-state index is 11.3. The predicted molar refractivity (Wildman–Crippen MR) is 89.9 cm³/mol. The number of ether oxygens (including phenoxy) is 2. The minimum Gasteiger partial charge on any atom is -0.457 e. The van der Waals surface area contributed by atoms with Crippen molar-refractivity contribution >= 4 is 5.97 Å². The Morgan fingerprint density at radius 1 is 0.909 bits per heavy atom. The second-order valence-electron chi connectivity index (χ2n) is 5.95. The minimum absolute atomic E-state index is 0.173. The van der Waals surface area contributed by atoms with Crippen molar-refractivity contribution in [2.75, 3.05) is 19.8 Å². The van der Waals surface area contributed by atoms with Crippen LogP contribution in [0.4, 0.5) is 0 Å². The molecule has 0 saturated heterocycles. The number of aliphatic hydroxyl groups is 1. The van der Waals surface area contributed by atoms with Crippen LogP contribution in [0.15, 0.2) is 0 Å². The summed E-state index contributed by atoms with van der Waals surface area (Å²) in [5.74, 6) is -0.256. The third kappa shape index (κ3) is 14.3. The van der Waals surface area contributed by atoms with Gasteiger partial charge in [0.25, 0.3) is 0 Å². The number of carbonyl (C=O) groups excluding carboxylic acids is 1. The molecule has 0 heterocycles. The molecule has 0 spiro atoms. The van der Waals surface area contributed by atoms with Gasteiger partial charge in [0.05, 0.1) is 13.2 Å². The minimum atomic E-state index is -0.516. The number of rotatable bonds is 16. The summed E-state index contributed by atoms with van der Waals surface area (Å²) in [6.45, 7) is 4.97. The van der Waals surface area contributed by atoms with Crippen LogP contribution in [0.3, 0.4) is 0 Å². The Bertz CT molecular complexity index is 243. The first-order valence-electron chi connectivity index (χ1n) is 9.12. The molecule has 0 aromatic carbocycles. The fraction of sp³-hybridized carbons (Fsp3) is 0.944. The van der Waals surface area contributed by atoms with Gasteiger partial charge in [-0.15, -0.1) is 0 Å². The first kappa shape index (κ1) is 21.4. The Morgan fingerprint density at radius 2 is 1.50 bits per heavy atom. The van der Waals surface area contributed by atoms with E-state index >= 15 is 0 Å². The van der Waals surface area contributed by atoms with Crippen molar-refractivity contribution in [2.24, 2.45) is 0 Å². The van der Waals surface area contributed by atoms with Crippen LogP contribution in [0.2, 0.25) is 0 Å². The van der Waals surface area contributed by atoms with Gasteiger partial charge in [0.2, 0.25) is 0 Å². The van der Waals surface area contributed by atoms with Crippen molar-refractivity contribution < 1.29 is 19.4 Å². The maximum atomic E-state index is 11.3. The van der Waals surface area contributed by atoms with E-state index in [1.807, 2.05) is 6.92 Å². The van der Waals surface area contributed by atoms with Gasteiger partial charge in [-0.25, -0.2) is 0 Å². The third-order valence-electron chi connectivity index (χ3n) is 3.65. The van der Waals surface area contributed by atoms with Crippen molar-refractivity contribution in [1.82, 2.24) is 0 Å². The SMILES string of the molecule is CCCCCCCCCCCOCC(CO)OC(=O)CCC. The van der Waals surface area contributed by atoms with E-state index in [0.717, 1.165) is 12.8 Å². The zero-order valence-electron chi connectivity index (χ0n) is 14.6.